The van der Waals surface area contributed by atoms with E-state index in [1.165, 1.54) is 0 Å². The van der Waals surface area contributed by atoms with Crippen molar-refractivity contribution in [1.29, 1.82) is 0 Å². The molecular weight excluding hydrogens is 1170 g/mol. The first kappa shape index (κ1) is 66.5. The molecule has 2 heterocycles. The van der Waals surface area contributed by atoms with Gasteiger partial charge >= 0.3 is 0 Å². The largest absolute Gasteiger partial charge is 0.418 e. The molecule has 0 fully saturated rings. The number of amides is 1. The Bertz CT molecular complexity index is 3650. The topological polar surface area (TPSA) is 201 Å². The number of anilines is 4. The molecule has 4 atom stereocenters. The smallest absolute Gasteiger partial charge is 0.255 e. The van der Waals surface area contributed by atoms with Gasteiger partial charge in [0.25, 0.3) is 11.1 Å². The quantitative estimate of drug-likeness (QED) is 0.0291. The third-order valence-electron chi connectivity index (χ3n) is 15.1. The van der Waals surface area contributed by atoms with E-state index in [0.29, 0.717) is 73.0 Å². The molecule has 21 heteroatoms. The molecule has 0 spiro atoms. The summed E-state index contributed by atoms with van der Waals surface area (Å²) in [5.41, 5.74) is 13.6. The Kier molecular flexibility index (Phi) is 22.3. The van der Waals surface area contributed by atoms with Gasteiger partial charge in [0, 0.05) is 45.0 Å². The Morgan fingerprint density at radius 2 is 0.953 bits per heavy atom. The summed E-state index contributed by atoms with van der Waals surface area (Å²) in [6.45, 7) is 44.4. The molecule has 8 aromatic rings. The number of carbonyl (C=O) groups excluding carboxylic acids is 2. The number of benzene rings is 6. The summed E-state index contributed by atoms with van der Waals surface area (Å²) in [7, 11) is -4.25. The van der Waals surface area contributed by atoms with Crippen LogP contribution in [0.5, 0.6) is 0 Å². The lowest BCUT2D eigenvalue weighted by Crippen LogP contribution is -2.45. The maximum absolute atomic E-state index is 12.5. The first-order valence-corrected chi connectivity index (χ1v) is 34.4. The molecular formula is C64H73Cl3N10O6Si2. The van der Waals surface area contributed by atoms with E-state index in [1.54, 1.807) is 72.8 Å². The van der Waals surface area contributed by atoms with Crippen molar-refractivity contribution in [3.63, 3.8) is 0 Å². The molecule has 85 heavy (non-hydrogen) atoms. The number of nitrogens with two attached hydrogens (primary N) is 1. The number of aromatic nitrogens is 4. The van der Waals surface area contributed by atoms with Gasteiger partial charge in [-0.05, 0) is 159 Å². The Labute approximate surface area is 516 Å². The van der Waals surface area contributed by atoms with Gasteiger partial charge in [0.15, 0.2) is 16.6 Å². The van der Waals surface area contributed by atoms with Gasteiger partial charge in [-0.1, -0.05) is 125 Å². The molecule has 2 aromatic heterocycles. The van der Waals surface area contributed by atoms with Crippen LogP contribution in [0.25, 0.3) is 32.6 Å². The van der Waals surface area contributed by atoms with Gasteiger partial charge in [-0.15, -0.1) is 20.4 Å². The molecule has 0 bridgehead atoms. The van der Waals surface area contributed by atoms with E-state index in [1.807, 2.05) is 88.4 Å². The Hall–Kier alpha value is -7.66. The Morgan fingerprint density at radius 1 is 0.576 bits per heavy atom. The molecule has 1 amide bonds. The third kappa shape index (κ3) is 17.3. The summed E-state index contributed by atoms with van der Waals surface area (Å²) in [6.07, 6.45) is -0.604. The first-order chi connectivity index (χ1) is 39.9. The fraction of sp³-hybridized carbons (Fsp3) is 0.312. The van der Waals surface area contributed by atoms with Crippen LogP contribution in [0, 0.1) is 27.0 Å². The van der Waals surface area contributed by atoms with Crippen LogP contribution in [-0.2, 0) is 8.85 Å². The van der Waals surface area contributed by atoms with Crippen molar-refractivity contribution in [2.45, 2.75) is 130 Å². The molecule has 0 unspecified atom stereocenters. The SMILES string of the molecule is O=C(Cl)c1ccccc1.[C-]#[N+]c1ccc(N[C@@H](c2nnc(-c3ccc(N)cc3)o2)[C@H](C)O[Si](C)(C)C(C)(C)C)c(C)c1Cl.[C-]#[N+]c1ccc(N[C@@H](c2nnc(-c3ccc(NC(=O)c4ccccc4)cc3)o2)[C@H](C)O[Si](C)(C)C(C)(C)C)c(C)c1Cl. The molecule has 6 aromatic carbocycles. The first-order valence-electron chi connectivity index (χ1n) is 27.4. The van der Waals surface area contributed by atoms with Crippen molar-refractivity contribution >= 4 is 96.7 Å². The van der Waals surface area contributed by atoms with Crippen LogP contribution >= 0.6 is 34.8 Å². The van der Waals surface area contributed by atoms with Crippen molar-refractivity contribution in [1.82, 2.24) is 20.4 Å². The van der Waals surface area contributed by atoms with Gasteiger partial charge < -0.3 is 39.4 Å². The summed E-state index contributed by atoms with van der Waals surface area (Å²) < 4.78 is 25.7. The predicted octanol–water partition coefficient (Wildman–Crippen LogP) is 18.5. The van der Waals surface area contributed by atoms with Crippen LogP contribution in [-0.4, -0.2) is 60.4 Å². The maximum atomic E-state index is 12.5. The van der Waals surface area contributed by atoms with Gasteiger partial charge in [-0.3, -0.25) is 9.59 Å². The maximum Gasteiger partial charge on any atom is 0.255 e. The van der Waals surface area contributed by atoms with Gasteiger partial charge in [-0.25, -0.2) is 9.69 Å². The molecule has 16 nitrogen and oxygen atoms in total. The zero-order valence-electron chi connectivity index (χ0n) is 50.4. The highest BCUT2D eigenvalue weighted by molar-refractivity contribution is 6.74. The summed E-state index contributed by atoms with van der Waals surface area (Å²) in [6, 6.07) is 38.4. The van der Waals surface area contributed by atoms with Crippen molar-refractivity contribution in [2.75, 3.05) is 21.7 Å². The van der Waals surface area contributed by atoms with Crippen molar-refractivity contribution in [3.8, 4) is 22.9 Å². The number of halogens is 3. The lowest BCUT2D eigenvalue weighted by molar-refractivity contribution is 0.102. The van der Waals surface area contributed by atoms with Gasteiger partial charge in [0.05, 0.1) is 35.4 Å². The van der Waals surface area contributed by atoms with Crippen LogP contribution in [0.4, 0.5) is 34.1 Å². The molecule has 8 rings (SSSR count). The molecule has 0 aliphatic heterocycles. The zero-order chi connectivity index (χ0) is 62.6. The molecule has 0 aliphatic carbocycles. The minimum absolute atomic E-state index is 0.00000839. The highest BCUT2D eigenvalue weighted by atomic mass is 35.5. The molecule has 5 N–H and O–H groups in total. The van der Waals surface area contributed by atoms with Crippen LogP contribution in [0.15, 0.2) is 142 Å². The molecule has 444 valence electrons. The average Bonchev–Trinajstić information content (AvgIpc) is 4.35. The molecule has 0 radical (unpaired) electrons. The lowest BCUT2D eigenvalue weighted by Gasteiger charge is -2.40. The van der Waals surface area contributed by atoms with Crippen molar-refractivity contribution < 1.29 is 27.3 Å². The van der Waals surface area contributed by atoms with E-state index in [4.69, 9.17) is 71.4 Å². The van der Waals surface area contributed by atoms with Gasteiger partial charge in [-0.2, -0.15) is 0 Å². The number of nitrogens with zero attached hydrogens (tertiary/aromatic N) is 6. The second-order valence-corrected chi connectivity index (χ2v) is 33.9. The lowest BCUT2D eigenvalue weighted by atomic mass is 10.1. The monoisotopic (exact) mass is 1240 g/mol. The predicted molar refractivity (Wildman–Crippen MR) is 348 cm³/mol. The second kappa shape index (κ2) is 28.5. The summed E-state index contributed by atoms with van der Waals surface area (Å²) in [5.74, 6) is 1.33. The summed E-state index contributed by atoms with van der Waals surface area (Å²) >= 11 is 18.1. The van der Waals surface area contributed by atoms with Crippen LogP contribution in [0.3, 0.4) is 0 Å². The number of carbonyl (C=O) groups is 2. The fourth-order valence-electron chi connectivity index (χ4n) is 7.98. The van der Waals surface area contributed by atoms with Crippen LogP contribution in [0.2, 0.25) is 46.3 Å². The standard InChI is InChI=1S/C32H36ClN5O3Si.C25H32ClN5O2Si.C7H5ClO/c1-20-25(18-19-26(34-6)27(20)33)36-28(21(2)41-42(7,8)32(3,4)5)31-38-37-30(40-31)23-14-16-24(17-15-23)35-29(39)22-12-10-9-11-13-22;1-15-19(13-14-20(28-6)21(15)26)29-22(16(2)33-34(7,8)25(3,4)5)24-31-30-23(32-24)17-9-11-18(27)12-10-17;8-7(9)6-4-2-1-3-5-6/h9-19,21,28,36H,1-5,7-8H3,(H,35,39);9-14,16,22,29H,27H2,1-5,7-8H3;1-5H/t21-,28+;16-,22+;/m00./s1. The Morgan fingerprint density at radius 3 is 1.31 bits per heavy atom. The summed E-state index contributed by atoms with van der Waals surface area (Å²) in [4.78, 5) is 29.9. The van der Waals surface area contributed by atoms with Crippen LogP contribution < -0.4 is 21.7 Å². The minimum atomic E-state index is -2.15. The van der Waals surface area contributed by atoms with Crippen LogP contribution in [0.1, 0.15) is 111 Å². The van der Waals surface area contributed by atoms with E-state index in [-0.39, 0.29) is 28.2 Å². The fourth-order valence-corrected chi connectivity index (χ4v) is 11.4. The second-order valence-electron chi connectivity index (χ2n) is 23.3. The van der Waals surface area contributed by atoms with E-state index in [0.717, 1.165) is 28.1 Å². The van der Waals surface area contributed by atoms with E-state index in [2.05, 4.69) is 114 Å². The van der Waals surface area contributed by atoms with Gasteiger partial charge in [0.1, 0.15) is 12.1 Å². The molecule has 0 saturated carbocycles. The highest BCUT2D eigenvalue weighted by Gasteiger charge is 2.42. The number of hydrogen-bond donors (Lipinski definition) is 4. The number of nitrogen functional groups attached to an aromatic ring is 1. The van der Waals surface area contributed by atoms with Gasteiger partial charge in [0.2, 0.25) is 34.9 Å². The van der Waals surface area contributed by atoms with Crippen molar-refractivity contribution in [3.05, 3.63) is 200 Å². The van der Waals surface area contributed by atoms with E-state index in [9.17, 15) is 9.59 Å². The molecule has 0 aliphatic rings. The number of rotatable bonds is 17. The van der Waals surface area contributed by atoms with Crippen molar-refractivity contribution in [2.24, 2.45) is 0 Å². The number of nitrogens with one attached hydrogen (secondary N) is 3. The average molecular weight is 1240 g/mol. The normalized spacial score (nSPS) is 13.0. The molecule has 0 saturated heterocycles. The van der Waals surface area contributed by atoms with E-state index >= 15 is 0 Å². The Balaban J connectivity index is 0.000000241. The highest BCUT2D eigenvalue weighted by Crippen LogP contribution is 2.43. The number of hydrogen-bond acceptors (Lipinski definition) is 13. The zero-order valence-corrected chi connectivity index (χ0v) is 54.6. The third-order valence-corrected chi connectivity index (χ3v) is 25.4. The minimum Gasteiger partial charge on any atom is -0.418 e. The summed E-state index contributed by atoms with van der Waals surface area (Å²) in [5, 5.41) is 27.7. The van der Waals surface area contributed by atoms with E-state index < -0.39 is 34.0 Å².